The Hall–Kier alpha value is -2.14. The number of carbonyl (C=O) groups is 1. The molecule has 0 saturated carbocycles. The minimum absolute atomic E-state index is 0.142. The first-order valence-electron chi connectivity index (χ1n) is 4.94. The Morgan fingerprint density at radius 2 is 2.11 bits per heavy atom. The lowest BCUT2D eigenvalue weighted by molar-refractivity contribution is 0.0729. The number of aromatic nitrogens is 1. The topological polar surface area (TPSA) is 65.2 Å². The van der Waals surface area contributed by atoms with E-state index in [0.29, 0.717) is 5.02 Å². The fraction of sp³-hybridized carbons (Fsp3) is 0. The summed E-state index contributed by atoms with van der Waals surface area (Å²) in [5.41, 5.74) is 5.41. The lowest BCUT2D eigenvalue weighted by atomic mass is 10.2. The van der Waals surface area contributed by atoms with Crippen LogP contribution in [0.4, 0.5) is 10.1 Å². The molecule has 0 bridgehead atoms. The molecule has 2 N–H and O–H groups in total. The zero-order valence-corrected chi connectivity index (χ0v) is 9.82. The lowest BCUT2D eigenvalue weighted by Gasteiger charge is -2.05. The molecule has 2 rings (SSSR count). The van der Waals surface area contributed by atoms with Gasteiger partial charge >= 0.3 is 5.97 Å². The summed E-state index contributed by atoms with van der Waals surface area (Å²) in [6.45, 7) is 0. The second kappa shape index (κ2) is 5.01. The van der Waals surface area contributed by atoms with E-state index in [0.717, 1.165) is 6.07 Å². The molecule has 1 aromatic carbocycles. The van der Waals surface area contributed by atoms with Crippen molar-refractivity contribution in [3.8, 4) is 5.75 Å². The van der Waals surface area contributed by atoms with Crippen LogP contribution < -0.4 is 10.5 Å². The molecule has 0 aliphatic carbocycles. The standard InChI is InChI=1S/C12H8ClFN2O2/c13-7-3-9(6-16-5-7)18-12(17)10-2-1-8(15)4-11(10)14/h1-6H,15H2. The number of nitrogen functional groups attached to an aromatic ring is 1. The zero-order chi connectivity index (χ0) is 13.1. The predicted molar refractivity (Wildman–Crippen MR) is 65.0 cm³/mol. The van der Waals surface area contributed by atoms with E-state index in [9.17, 15) is 9.18 Å². The van der Waals surface area contributed by atoms with Gasteiger partial charge < -0.3 is 10.5 Å². The number of rotatable bonds is 2. The van der Waals surface area contributed by atoms with Gasteiger partial charge in [-0.25, -0.2) is 9.18 Å². The Labute approximate surface area is 107 Å². The van der Waals surface area contributed by atoms with Gasteiger partial charge in [0.2, 0.25) is 0 Å². The van der Waals surface area contributed by atoms with E-state index in [1.807, 2.05) is 0 Å². The molecule has 0 saturated heterocycles. The molecule has 92 valence electrons. The zero-order valence-electron chi connectivity index (χ0n) is 9.06. The van der Waals surface area contributed by atoms with Gasteiger partial charge in [-0.2, -0.15) is 0 Å². The summed E-state index contributed by atoms with van der Waals surface area (Å²) in [4.78, 5) is 15.4. The van der Waals surface area contributed by atoms with Crippen LogP contribution in [0.3, 0.4) is 0 Å². The maximum atomic E-state index is 13.5. The van der Waals surface area contributed by atoms with Crippen molar-refractivity contribution < 1.29 is 13.9 Å². The fourth-order valence-electron chi connectivity index (χ4n) is 1.31. The summed E-state index contributed by atoms with van der Waals surface area (Å²) in [6.07, 6.45) is 2.70. The SMILES string of the molecule is Nc1ccc(C(=O)Oc2cncc(Cl)c2)c(F)c1. The molecule has 0 unspecified atom stereocenters. The molecule has 0 aliphatic rings. The van der Waals surface area contributed by atoms with Crippen LogP contribution in [0.25, 0.3) is 0 Å². The summed E-state index contributed by atoms with van der Waals surface area (Å²) in [5.74, 6) is -1.43. The number of hydrogen-bond donors (Lipinski definition) is 1. The van der Waals surface area contributed by atoms with Crippen molar-refractivity contribution in [2.24, 2.45) is 0 Å². The molecule has 4 nitrogen and oxygen atoms in total. The second-order valence-corrected chi connectivity index (χ2v) is 3.90. The summed E-state index contributed by atoms with van der Waals surface area (Å²) < 4.78 is 18.4. The molecule has 1 heterocycles. The van der Waals surface area contributed by atoms with Crippen LogP contribution in [-0.2, 0) is 0 Å². The smallest absolute Gasteiger partial charge is 0.346 e. The van der Waals surface area contributed by atoms with E-state index in [1.165, 1.54) is 30.6 Å². The van der Waals surface area contributed by atoms with Crippen LogP contribution in [-0.4, -0.2) is 11.0 Å². The number of anilines is 1. The summed E-state index contributed by atoms with van der Waals surface area (Å²) in [6, 6.07) is 5.12. The number of nitrogens with zero attached hydrogens (tertiary/aromatic N) is 1. The highest BCUT2D eigenvalue weighted by Gasteiger charge is 2.14. The summed E-state index contributed by atoms with van der Waals surface area (Å²) in [7, 11) is 0. The normalized spacial score (nSPS) is 10.1. The Morgan fingerprint density at radius 1 is 1.33 bits per heavy atom. The molecule has 18 heavy (non-hydrogen) atoms. The number of halogens is 2. The number of benzene rings is 1. The van der Waals surface area contributed by atoms with Crippen LogP contribution >= 0.6 is 11.6 Å². The predicted octanol–water partition coefficient (Wildman–Crippen LogP) is 2.68. The fourth-order valence-corrected chi connectivity index (χ4v) is 1.47. The minimum Gasteiger partial charge on any atom is -0.421 e. The van der Waals surface area contributed by atoms with Crippen molar-refractivity contribution in [3.63, 3.8) is 0 Å². The van der Waals surface area contributed by atoms with Gasteiger partial charge in [0, 0.05) is 18.0 Å². The van der Waals surface area contributed by atoms with E-state index < -0.39 is 11.8 Å². The van der Waals surface area contributed by atoms with Gasteiger partial charge in [0.1, 0.15) is 5.82 Å². The van der Waals surface area contributed by atoms with Crippen LogP contribution in [0.15, 0.2) is 36.7 Å². The largest absolute Gasteiger partial charge is 0.421 e. The van der Waals surface area contributed by atoms with Crippen molar-refractivity contribution in [3.05, 3.63) is 53.1 Å². The van der Waals surface area contributed by atoms with Gasteiger partial charge in [-0.05, 0) is 18.2 Å². The van der Waals surface area contributed by atoms with E-state index in [2.05, 4.69) is 4.98 Å². The second-order valence-electron chi connectivity index (χ2n) is 3.47. The van der Waals surface area contributed by atoms with Crippen LogP contribution in [0.2, 0.25) is 5.02 Å². The number of nitrogens with two attached hydrogens (primary N) is 1. The Morgan fingerprint density at radius 3 is 2.78 bits per heavy atom. The average molecular weight is 267 g/mol. The molecule has 0 spiro atoms. The van der Waals surface area contributed by atoms with Gasteiger partial charge in [0.25, 0.3) is 0 Å². The Balaban J connectivity index is 2.22. The average Bonchev–Trinajstić information content (AvgIpc) is 2.28. The van der Waals surface area contributed by atoms with Gasteiger partial charge in [0.05, 0.1) is 16.8 Å². The number of carbonyl (C=O) groups excluding carboxylic acids is 1. The molecule has 0 amide bonds. The molecule has 0 atom stereocenters. The number of esters is 1. The van der Waals surface area contributed by atoms with Crippen molar-refractivity contribution in [1.29, 1.82) is 0 Å². The molecule has 6 heteroatoms. The third-order valence-corrected chi connectivity index (χ3v) is 2.31. The van der Waals surface area contributed by atoms with E-state index in [1.54, 1.807) is 0 Å². The highest BCUT2D eigenvalue weighted by atomic mass is 35.5. The van der Waals surface area contributed by atoms with Crippen molar-refractivity contribution >= 4 is 23.3 Å². The van der Waals surface area contributed by atoms with Gasteiger partial charge in [-0.3, -0.25) is 4.98 Å². The molecule has 0 radical (unpaired) electrons. The van der Waals surface area contributed by atoms with E-state index in [-0.39, 0.29) is 17.0 Å². The lowest BCUT2D eigenvalue weighted by Crippen LogP contribution is -2.11. The molecule has 0 fully saturated rings. The third kappa shape index (κ3) is 2.75. The van der Waals surface area contributed by atoms with Gasteiger partial charge in [-0.15, -0.1) is 0 Å². The Kier molecular flexibility index (Phi) is 3.43. The third-order valence-electron chi connectivity index (χ3n) is 2.10. The monoisotopic (exact) mass is 266 g/mol. The highest BCUT2D eigenvalue weighted by Crippen LogP contribution is 2.18. The number of hydrogen-bond acceptors (Lipinski definition) is 4. The highest BCUT2D eigenvalue weighted by molar-refractivity contribution is 6.30. The summed E-state index contributed by atoms with van der Waals surface area (Å²) >= 11 is 5.68. The molecular formula is C12H8ClFN2O2. The first kappa shape index (κ1) is 12.3. The Bertz CT molecular complexity index is 604. The van der Waals surface area contributed by atoms with Crippen molar-refractivity contribution in [2.45, 2.75) is 0 Å². The van der Waals surface area contributed by atoms with Crippen molar-refractivity contribution in [1.82, 2.24) is 4.98 Å². The van der Waals surface area contributed by atoms with Crippen LogP contribution in [0, 0.1) is 5.82 Å². The van der Waals surface area contributed by atoms with Crippen molar-refractivity contribution in [2.75, 3.05) is 5.73 Å². The van der Waals surface area contributed by atoms with Gasteiger partial charge in [-0.1, -0.05) is 11.6 Å². The number of pyridine rings is 1. The van der Waals surface area contributed by atoms with E-state index in [4.69, 9.17) is 22.1 Å². The van der Waals surface area contributed by atoms with E-state index >= 15 is 0 Å². The maximum Gasteiger partial charge on any atom is 0.346 e. The first-order chi connectivity index (χ1) is 8.56. The first-order valence-corrected chi connectivity index (χ1v) is 5.32. The molecule has 0 aliphatic heterocycles. The molecular weight excluding hydrogens is 259 g/mol. The van der Waals surface area contributed by atoms with Crippen LogP contribution in [0.5, 0.6) is 5.75 Å². The molecule has 2 aromatic rings. The summed E-state index contributed by atoms with van der Waals surface area (Å²) in [5, 5.41) is 0.318. The minimum atomic E-state index is -0.837. The van der Waals surface area contributed by atoms with Crippen LogP contribution in [0.1, 0.15) is 10.4 Å². The number of ether oxygens (including phenoxy) is 1. The maximum absolute atomic E-state index is 13.5. The van der Waals surface area contributed by atoms with Gasteiger partial charge in [0.15, 0.2) is 5.75 Å². The molecule has 1 aromatic heterocycles. The quantitative estimate of drug-likeness (QED) is 0.670.